The zero-order valence-electron chi connectivity index (χ0n) is 14.0. The summed E-state index contributed by atoms with van der Waals surface area (Å²) >= 11 is 0. The first-order chi connectivity index (χ1) is 10.6. The predicted octanol–water partition coefficient (Wildman–Crippen LogP) is 3.72. The maximum absolute atomic E-state index is 4.60. The molecule has 0 radical (unpaired) electrons. The summed E-state index contributed by atoms with van der Waals surface area (Å²) in [4.78, 5) is 2.59. The van der Waals surface area contributed by atoms with Gasteiger partial charge in [0, 0.05) is 18.8 Å². The van der Waals surface area contributed by atoms with Gasteiger partial charge in [0.1, 0.15) is 0 Å². The van der Waals surface area contributed by atoms with Crippen LogP contribution in [-0.4, -0.2) is 27.8 Å². The fourth-order valence-electron chi connectivity index (χ4n) is 3.50. The quantitative estimate of drug-likeness (QED) is 0.857. The van der Waals surface area contributed by atoms with Crippen LogP contribution in [0.2, 0.25) is 0 Å². The highest BCUT2D eigenvalue weighted by molar-refractivity contribution is 5.22. The number of likely N-dealkylation sites (tertiary alicyclic amines) is 1. The minimum absolute atomic E-state index is 0.770. The van der Waals surface area contributed by atoms with Gasteiger partial charge < -0.3 is 0 Å². The van der Waals surface area contributed by atoms with Crippen LogP contribution in [-0.2, 0) is 13.1 Å². The van der Waals surface area contributed by atoms with Gasteiger partial charge >= 0.3 is 0 Å². The third kappa shape index (κ3) is 3.77. The fourth-order valence-corrected chi connectivity index (χ4v) is 3.50. The Bertz CT molecular complexity index is 621. The van der Waals surface area contributed by atoms with Crippen LogP contribution in [0, 0.1) is 26.7 Å². The van der Waals surface area contributed by atoms with Gasteiger partial charge in [-0.3, -0.25) is 9.58 Å². The number of piperidine rings is 1. The van der Waals surface area contributed by atoms with E-state index in [0.29, 0.717) is 0 Å². The second-order valence-corrected chi connectivity index (χ2v) is 6.82. The van der Waals surface area contributed by atoms with Crippen molar-refractivity contribution in [3.63, 3.8) is 0 Å². The van der Waals surface area contributed by atoms with Crippen molar-refractivity contribution in [1.29, 1.82) is 0 Å². The van der Waals surface area contributed by atoms with Gasteiger partial charge in [0.05, 0.1) is 5.69 Å². The second kappa shape index (κ2) is 6.66. The molecule has 3 heteroatoms. The molecule has 118 valence electrons. The Kier molecular flexibility index (Phi) is 4.63. The van der Waals surface area contributed by atoms with Crippen molar-refractivity contribution < 1.29 is 0 Å². The predicted molar refractivity (Wildman–Crippen MR) is 90.9 cm³/mol. The molecule has 0 unspecified atom stereocenters. The Morgan fingerprint density at radius 3 is 2.50 bits per heavy atom. The van der Waals surface area contributed by atoms with E-state index in [4.69, 9.17) is 0 Å². The van der Waals surface area contributed by atoms with Gasteiger partial charge in [-0.15, -0.1) is 0 Å². The normalized spacial score (nSPS) is 17.0. The molecule has 1 saturated heterocycles. The van der Waals surface area contributed by atoms with E-state index in [9.17, 15) is 0 Å². The third-order valence-electron chi connectivity index (χ3n) is 4.73. The van der Waals surface area contributed by atoms with Gasteiger partial charge in [0.15, 0.2) is 0 Å². The first-order valence-corrected chi connectivity index (χ1v) is 8.39. The lowest BCUT2D eigenvalue weighted by molar-refractivity contribution is 0.164. The molecule has 3 rings (SSSR count). The second-order valence-electron chi connectivity index (χ2n) is 6.82. The monoisotopic (exact) mass is 297 g/mol. The zero-order chi connectivity index (χ0) is 15.5. The smallest absolute Gasteiger partial charge is 0.0596 e. The minimum Gasteiger partial charge on any atom is -0.299 e. The molecule has 3 nitrogen and oxygen atoms in total. The van der Waals surface area contributed by atoms with Crippen molar-refractivity contribution in [2.24, 2.45) is 5.92 Å². The topological polar surface area (TPSA) is 21.1 Å². The molecule has 0 saturated carbocycles. The average molecular weight is 297 g/mol. The van der Waals surface area contributed by atoms with E-state index in [0.717, 1.165) is 24.7 Å². The van der Waals surface area contributed by atoms with Gasteiger partial charge in [-0.25, -0.2) is 0 Å². The molecule has 0 atom stereocenters. The van der Waals surface area contributed by atoms with E-state index >= 15 is 0 Å². The lowest BCUT2D eigenvalue weighted by Gasteiger charge is -2.32. The van der Waals surface area contributed by atoms with Crippen molar-refractivity contribution in [2.75, 3.05) is 13.1 Å². The molecule has 2 heterocycles. The number of nitrogens with zero attached hydrogens (tertiary/aromatic N) is 3. The molecule has 0 amide bonds. The number of benzene rings is 1. The largest absolute Gasteiger partial charge is 0.299 e. The van der Waals surface area contributed by atoms with E-state index in [2.05, 4.69) is 65.8 Å². The van der Waals surface area contributed by atoms with Crippen molar-refractivity contribution in [3.8, 4) is 0 Å². The van der Waals surface area contributed by atoms with Crippen molar-refractivity contribution in [2.45, 2.75) is 46.7 Å². The van der Waals surface area contributed by atoms with Gasteiger partial charge in [-0.2, -0.15) is 5.10 Å². The van der Waals surface area contributed by atoms with Crippen molar-refractivity contribution >= 4 is 0 Å². The molecule has 1 aliphatic rings. The minimum atomic E-state index is 0.770. The fraction of sp³-hybridized carbons (Fsp3) is 0.526. The first kappa shape index (κ1) is 15.3. The maximum Gasteiger partial charge on any atom is 0.0596 e. The van der Waals surface area contributed by atoms with E-state index in [1.807, 2.05) is 0 Å². The highest BCUT2D eigenvalue weighted by Crippen LogP contribution is 2.21. The number of rotatable bonds is 4. The van der Waals surface area contributed by atoms with Crippen LogP contribution in [0.15, 0.2) is 30.3 Å². The van der Waals surface area contributed by atoms with Crippen LogP contribution >= 0.6 is 0 Å². The van der Waals surface area contributed by atoms with Crippen LogP contribution in [0.25, 0.3) is 0 Å². The first-order valence-electron chi connectivity index (χ1n) is 8.39. The Morgan fingerprint density at radius 1 is 1.09 bits per heavy atom. The average Bonchev–Trinajstić information content (AvgIpc) is 2.79. The van der Waals surface area contributed by atoms with Gasteiger partial charge in [-0.1, -0.05) is 29.8 Å². The van der Waals surface area contributed by atoms with E-state index in [1.54, 1.807) is 0 Å². The molecule has 0 spiro atoms. The van der Waals surface area contributed by atoms with E-state index in [1.165, 1.54) is 42.8 Å². The summed E-state index contributed by atoms with van der Waals surface area (Å²) in [6.45, 7) is 11.0. The Morgan fingerprint density at radius 2 is 1.86 bits per heavy atom. The number of hydrogen-bond acceptors (Lipinski definition) is 2. The Hall–Kier alpha value is -1.61. The molecular formula is C19H27N3. The molecule has 1 aromatic carbocycles. The summed E-state index contributed by atoms with van der Waals surface area (Å²) in [5, 5.41) is 4.60. The maximum atomic E-state index is 4.60. The summed E-state index contributed by atoms with van der Waals surface area (Å²) < 4.78 is 2.19. The highest BCUT2D eigenvalue weighted by atomic mass is 15.3. The summed E-state index contributed by atoms with van der Waals surface area (Å²) in [6.07, 6.45) is 2.56. The molecule has 1 aliphatic heterocycles. The summed E-state index contributed by atoms with van der Waals surface area (Å²) in [5.74, 6) is 0.770. The van der Waals surface area contributed by atoms with Crippen LogP contribution < -0.4 is 0 Å². The third-order valence-corrected chi connectivity index (χ3v) is 4.73. The van der Waals surface area contributed by atoms with Gasteiger partial charge in [0.25, 0.3) is 0 Å². The van der Waals surface area contributed by atoms with E-state index < -0.39 is 0 Å². The highest BCUT2D eigenvalue weighted by Gasteiger charge is 2.20. The number of aryl methyl sites for hydroxylation is 3. The lowest BCUT2D eigenvalue weighted by Crippen LogP contribution is -2.34. The molecule has 0 bridgehead atoms. The zero-order valence-corrected chi connectivity index (χ0v) is 14.0. The van der Waals surface area contributed by atoms with Crippen LogP contribution in [0.4, 0.5) is 0 Å². The van der Waals surface area contributed by atoms with E-state index in [-0.39, 0.29) is 0 Å². The van der Waals surface area contributed by atoms with Crippen LogP contribution in [0.5, 0.6) is 0 Å². The SMILES string of the molecule is Cc1cccc(CN2CCC(Cn3nc(C)cc3C)CC2)c1. The van der Waals surface area contributed by atoms with Crippen LogP contribution in [0.1, 0.15) is 35.4 Å². The molecular weight excluding hydrogens is 270 g/mol. The number of hydrogen-bond donors (Lipinski definition) is 0. The Labute approximate surface area is 133 Å². The van der Waals surface area contributed by atoms with Crippen molar-refractivity contribution in [3.05, 3.63) is 52.8 Å². The summed E-state index contributed by atoms with van der Waals surface area (Å²) in [7, 11) is 0. The van der Waals surface area contributed by atoms with Crippen molar-refractivity contribution in [1.82, 2.24) is 14.7 Å². The van der Waals surface area contributed by atoms with Gasteiger partial charge in [0.2, 0.25) is 0 Å². The number of aromatic nitrogens is 2. The standard InChI is InChI=1S/C19H27N3/c1-15-5-4-6-19(11-15)13-21-9-7-18(8-10-21)14-22-17(3)12-16(2)20-22/h4-6,11-12,18H,7-10,13-14H2,1-3H3. The molecule has 22 heavy (non-hydrogen) atoms. The van der Waals surface area contributed by atoms with Gasteiger partial charge in [-0.05, 0) is 64.3 Å². The molecule has 1 fully saturated rings. The summed E-state index contributed by atoms with van der Waals surface area (Å²) in [6, 6.07) is 11.1. The van der Waals surface area contributed by atoms with Crippen LogP contribution in [0.3, 0.4) is 0 Å². The molecule has 0 N–H and O–H groups in total. The Balaban J connectivity index is 1.51. The molecule has 1 aromatic heterocycles. The molecule has 2 aromatic rings. The lowest BCUT2D eigenvalue weighted by atomic mass is 9.96. The molecule has 0 aliphatic carbocycles. The summed E-state index contributed by atoms with van der Waals surface area (Å²) in [5.41, 5.74) is 5.22.